The average molecular weight is 452 g/mol. The Morgan fingerprint density at radius 3 is 2.42 bits per heavy atom. The van der Waals surface area contributed by atoms with Crippen molar-refractivity contribution in [1.29, 1.82) is 0 Å². The van der Waals surface area contributed by atoms with E-state index < -0.39 is 11.6 Å². The van der Waals surface area contributed by atoms with Gasteiger partial charge in [-0.1, -0.05) is 25.7 Å². The number of benzene rings is 1. The number of amides is 3. The molecule has 0 bridgehead atoms. The average Bonchev–Trinajstić information content (AvgIpc) is 3.09. The molecule has 8 heteroatoms. The molecule has 1 aromatic heterocycles. The first-order valence-electron chi connectivity index (χ1n) is 11.7. The van der Waals surface area contributed by atoms with Crippen LogP contribution in [0.25, 0.3) is 5.69 Å². The van der Waals surface area contributed by atoms with Crippen molar-refractivity contribution in [2.24, 2.45) is 0 Å². The molecule has 1 aliphatic carbocycles. The van der Waals surface area contributed by atoms with Crippen LogP contribution in [0.15, 0.2) is 24.3 Å². The molecular formula is C25H29N3O5. The van der Waals surface area contributed by atoms with Crippen molar-refractivity contribution in [3.8, 4) is 17.2 Å². The Morgan fingerprint density at radius 1 is 1.00 bits per heavy atom. The largest absolute Gasteiger partial charge is 0.486 e. The maximum absolute atomic E-state index is 13.2. The van der Waals surface area contributed by atoms with E-state index in [-0.39, 0.29) is 18.2 Å². The lowest BCUT2D eigenvalue weighted by atomic mass is 9.90. The van der Waals surface area contributed by atoms with Gasteiger partial charge in [-0.2, -0.15) is 0 Å². The van der Waals surface area contributed by atoms with E-state index >= 15 is 0 Å². The number of hydrogen-bond acceptors (Lipinski definition) is 5. The molecule has 1 spiro atoms. The van der Waals surface area contributed by atoms with Gasteiger partial charge in [-0.3, -0.25) is 14.5 Å². The normalized spacial score (nSPS) is 19.5. The van der Waals surface area contributed by atoms with Gasteiger partial charge in [-0.25, -0.2) is 4.79 Å². The lowest BCUT2D eigenvalue weighted by Gasteiger charge is -2.24. The van der Waals surface area contributed by atoms with Crippen LogP contribution in [0.2, 0.25) is 0 Å². The molecule has 1 N–H and O–H groups in total. The van der Waals surface area contributed by atoms with Crippen molar-refractivity contribution < 1.29 is 23.9 Å². The molecular weight excluding hydrogens is 422 g/mol. The number of nitrogens with zero attached hydrogens (tertiary/aromatic N) is 2. The first-order chi connectivity index (χ1) is 15.9. The number of nitrogens with one attached hydrogen (secondary N) is 1. The van der Waals surface area contributed by atoms with Crippen LogP contribution in [0.1, 0.15) is 60.3 Å². The molecule has 3 amide bonds. The van der Waals surface area contributed by atoms with Crippen LogP contribution in [-0.4, -0.2) is 52.5 Å². The van der Waals surface area contributed by atoms with Crippen LogP contribution in [0.4, 0.5) is 4.79 Å². The number of fused-ring (bicyclic) bond motifs is 1. The number of hydrogen-bond donors (Lipinski definition) is 1. The molecule has 0 atom stereocenters. The highest BCUT2D eigenvalue weighted by atomic mass is 16.6. The molecule has 2 fully saturated rings. The van der Waals surface area contributed by atoms with Gasteiger partial charge in [0.2, 0.25) is 0 Å². The number of Topliss-reactive ketones (excluding diaryl/α,β-unsaturated/α-hetero) is 1. The predicted molar refractivity (Wildman–Crippen MR) is 121 cm³/mol. The highest BCUT2D eigenvalue weighted by Crippen LogP contribution is 2.35. The third kappa shape index (κ3) is 3.67. The van der Waals surface area contributed by atoms with Gasteiger partial charge in [0.05, 0.1) is 6.54 Å². The van der Waals surface area contributed by atoms with E-state index in [0.717, 1.165) is 47.7 Å². The number of imide groups is 1. The van der Waals surface area contributed by atoms with Crippen molar-refractivity contribution in [3.63, 3.8) is 0 Å². The smallest absolute Gasteiger partial charge is 0.325 e. The van der Waals surface area contributed by atoms with Crippen LogP contribution in [0, 0.1) is 13.8 Å². The van der Waals surface area contributed by atoms with Crippen LogP contribution in [0.3, 0.4) is 0 Å². The topological polar surface area (TPSA) is 89.9 Å². The Labute approximate surface area is 192 Å². The number of rotatable bonds is 4. The molecule has 0 unspecified atom stereocenters. The highest BCUT2D eigenvalue weighted by Gasteiger charge is 2.51. The fourth-order valence-corrected chi connectivity index (χ4v) is 5.33. The third-order valence-corrected chi connectivity index (χ3v) is 7.02. The quantitative estimate of drug-likeness (QED) is 0.566. The third-order valence-electron chi connectivity index (χ3n) is 7.02. The molecule has 2 aliphatic heterocycles. The summed E-state index contributed by atoms with van der Waals surface area (Å²) in [7, 11) is 0. The van der Waals surface area contributed by atoms with E-state index in [1.165, 1.54) is 0 Å². The second-order valence-electron chi connectivity index (χ2n) is 9.19. The van der Waals surface area contributed by atoms with E-state index in [2.05, 4.69) is 5.32 Å². The summed E-state index contributed by atoms with van der Waals surface area (Å²) in [5.74, 6) is 0.867. The summed E-state index contributed by atoms with van der Waals surface area (Å²) < 4.78 is 13.3. The molecule has 3 aliphatic rings. The molecule has 3 heterocycles. The SMILES string of the molecule is Cc1cc(C(=O)CN2C(=O)NC3(CCCCCC3)C2=O)c(C)n1-c1ccc2c(c1)OCCO2. The lowest BCUT2D eigenvalue weighted by Crippen LogP contribution is -2.46. The Bertz CT molecular complexity index is 1130. The first kappa shape index (κ1) is 21.6. The van der Waals surface area contributed by atoms with Crippen molar-refractivity contribution >= 4 is 17.7 Å². The molecule has 8 nitrogen and oxygen atoms in total. The summed E-state index contributed by atoms with van der Waals surface area (Å²) in [4.78, 5) is 40.2. The Kier molecular flexibility index (Phi) is 5.38. The van der Waals surface area contributed by atoms with Gasteiger partial charge < -0.3 is 19.4 Å². The second-order valence-corrected chi connectivity index (χ2v) is 9.19. The highest BCUT2D eigenvalue weighted by molar-refractivity contribution is 6.11. The molecule has 1 saturated carbocycles. The van der Waals surface area contributed by atoms with E-state index in [1.807, 2.05) is 42.7 Å². The number of ketones is 1. The van der Waals surface area contributed by atoms with Crippen molar-refractivity contribution in [2.45, 2.75) is 57.9 Å². The number of carbonyl (C=O) groups excluding carboxylic acids is 3. The zero-order chi connectivity index (χ0) is 23.2. The second kappa shape index (κ2) is 8.24. The lowest BCUT2D eigenvalue weighted by molar-refractivity contribution is -0.131. The van der Waals surface area contributed by atoms with Crippen LogP contribution < -0.4 is 14.8 Å². The minimum Gasteiger partial charge on any atom is -0.486 e. The summed E-state index contributed by atoms with van der Waals surface area (Å²) in [5.41, 5.74) is 2.16. The van der Waals surface area contributed by atoms with Gasteiger partial charge in [-0.15, -0.1) is 0 Å². The van der Waals surface area contributed by atoms with Gasteiger partial charge in [-0.05, 0) is 44.9 Å². The fourth-order valence-electron chi connectivity index (χ4n) is 5.33. The van der Waals surface area contributed by atoms with E-state index in [0.29, 0.717) is 43.1 Å². The van der Waals surface area contributed by atoms with Gasteiger partial charge in [0.25, 0.3) is 5.91 Å². The van der Waals surface area contributed by atoms with Crippen LogP contribution >= 0.6 is 0 Å². The summed E-state index contributed by atoms with van der Waals surface area (Å²) >= 11 is 0. The number of aromatic nitrogens is 1. The van der Waals surface area contributed by atoms with E-state index in [1.54, 1.807) is 0 Å². The van der Waals surface area contributed by atoms with Crippen molar-refractivity contribution in [3.05, 3.63) is 41.2 Å². The van der Waals surface area contributed by atoms with Gasteiger partial charge in [0.15, 0.2) is 17.3 Å². The Morgan fingerprint density at radius 2 is 1.70 bits per heavy atom. The molecule has 174 valence electrons. The Balaban J connectivity index is 1.39. The predicted octanol–water partition coefficient (Wildman–Crippen LogP) is 3.69. The van der Waals surface area contributed by atoms with E-state index in [4.69, 9.17) is 9.47 Å². The summed E-state index contributed by atoms with van der Waals surface area (Å²) in [6.07, 6.45) is 5.22. The molecule has 1 saturated heterocycles. The maximum atomic E-state index is 13.2. The molecule has 2 aromatic rings. The summed E-state index contributed by atoms with van der Waals surface area (Å²) in [6, 6.07) is 7.04. The minimum atomic E-state index is -0.837. The van der Waals surface area contributed by atoms with Crippen molar-refractivity contribution in [2.75, 3.05) is 19.8 Å². The standard InChI is InChI=1S/C25H29N3O5/c1-16-13-19(17(2)28(16)18-7-8-21-22(14-18)33-12-11-32-21)20(29)15-27-23(30)25(26-24(27)31)9-5-3-4-6-10-25/h7-8,13-14H,3-6,9-12,15H2,1-2H3,(H,26,31). The minimum absolute atomic E-state index is 0.249. The molecule has 5 rings (SSSR count). The number of aryl methyl sites for hydroxylation is 1. The molecule has 0 radical (unpaired) electrons. The van der Waals surface area contributed by atoms with E-state index in [9.17, 15) is 14.4 Å². The number of ether oxygens (including phenoxy) is 2. The number of carbonyl (C=O) groups is 3. The first-order valence-corrected chi connectivity index (χ1v) is 11.7. The zero-order valence-electron chi connectivity index (χ0n) is 19.1. The zero-order valence-corrected chi connectivity index (χ0v) is 19.1. The molecule has 33 heavy (non-hydrogen) atoms. The molecule has 1 aromatic carbocycles. The van der Waals surface area contributed by atoms with Crippen molar-refractivity contribution in [1.82, 2.24) is 14.8 Å². The van der Waals surface area contributed by atoms with Crippen LogP contribution in [-0.2, 0) is 4.79 Å². The fraction of sp³-hybridized carbons (Fsp3) is 0.480. The monoisotopic (exact) mass is 451 g/mol. The van der Waals surface area contributed by atoms with Gasteiger partial charge in [0.1, 0.15) is 18.8 Å². The summed E-state index contributed by atoms with van der Waals surface area (Å²) in [6.45, 7) is 4.57. The Hall–Kier alpha value is -3.29. The van der Waals surface area contributed by atoms with Crippen LogP contribution in [0.5, 0.6) is 11.5 Å². The van der Waals surface area contributed by atoms with Gasteiger partial charge in [0, 0.05) is 28.7 Å². The van der Waals surface area contributed by atoms with Gasteiger partial charge >= 0.3 is 6.03 Å². The summed E-state index contributed by atoms with van der Waals surface area (Å²) in [5, 5.41) is 2.91. The maximum Gasteiger partial charge on any atom is 0.325 e. The number of urea groups is 1.